The lowest BCUT2D eigenvalue weighted by Gasteiger charge is -2.33. The van der Waals surface area contributed by atoms with Gasteiger partial charge in [0.1, 0.15) is 0 Å². The number of dihydropyridines is 1. The molecule has 5 heteroatoms. The normalized spacial score (nSPS) is 18.7. The molecule has 0 unspecified atom stereocenters. The summed E-state index contributed by atoms with van der Waals surface area (Å²) in [6, 6.07) is 18.6. The average molecular weight is 449 g/mol. The van der Waals surface area contributed by atoms with Gasteiger partial charge in [-0.25, -0.2) is 0 Å². The third-order valence-electron chi connectivity index (χ3n) is 5.93. The molecule has 1 heterocycles. The van der Waals surface area contributed by atoms with E-state index in [4.69, 9.17) is 11.6 Å². The second-order valence-electron chi connectivity index (χ2n) is 8.28. The molecule has 0 saturated heterocycles. The Kier molecular flexibility index (Phi) is 6.55. The zero-order valence-corrected chi connectivity index (χ0v) is 19.3. The molecule has 1 aliphatic heterocycles. The number of halogens is 1. The summed E-state index contributed by atoms with van der Waals surface area (Å²) < 4.78 is 0. The number of carbonyl (C=O) groups excluding carboxylic acids is 1. The average Bonchev–Trinajstić information content (AvgIpc) is 2.77. The van der Waals surface area contributed by atoms with Crippen LogP contribution >= 0.6 is 23.4 Å². The first kappa shape index (κ1) is 21.7. The number of nitrogens with one attached hydrogen (secondary N) is 1. The number of nitriles is 1. The molecule has 2 aromatic rings. The molecule has 1 aliphatic carbocycles. The van der Waals surface area contributed by atoms with E-state index in [0.717, 1.165) is 45.3 Å². The molecule has 2 aromatic carbocycles. The Morgan fingerprint density at radius 1 is 1.16 bits per heavy atom. The standard InChI is InChI=1S/C26H25ClN2OS/c1-16(2)17-10-12-18(13-11-17)24-20(14-28)26(29-22-8-5-9-23(30)25(22)24)31-15-19-6-3-4-7-21(19)27/h3-4,6-7,10-13,16,24,29H,5,8-9,15H2,1-2H3/t24-/m1/s1. The lowest BCUT2D eigenvalue weighted by atomic mass is 9.76. The molecule has 1 atom stereocenters. The summed E-state index contributed by atoms with van der Waals surface area (Å²) in [6.07, 6.45) is 2.21. The SMILES string of the molecule is CC(C)c1ccc([C@@H]2C(C#N)=C(SCc3ccccc3Cl)NC3=C2C(=O)CCC3)cc1. The number of nitrogens with zero attached hydrogens (tertiary/aromatic N) is 1. The van der Waals surface area contributed by atoms with Gasteiger partial charge in [0.2, 0.25) is 0 Å². The maximum atomic E-state index is 12.9. The Hall–Kier alpha value is -2.48. The van der Waals surface area contributed by atoms with Gasteiger partial charge in [0, 0.05) is 28.5 Å². The van der Waals surface area contributed by atoms with Crippen LogP contribution < -0.4 is 5.32 Å². The largest absolute Gasteiger partial charge is 0.352 e. The molecule has 4 rings (SSSR count). The minimum Gasteiger partial charge on any atom is -0.352 e. The van der Waals surface area contributed by atoms with Gasteiger partial charge < -0.3 is 5.32 Å². The minimum absolute atomic E-state index is 0.148. The predicted molar refractivity (Wildman–Crippen MR) is 128 cm³/mol. The third kappa shape index (κ3) is 4.44. The molecule has 158 valence electrons. The summed E-state index contributed by atoms with van der Waals surface area (Å²) in [7, 11) is 0. The molecule has 0 saturated carbocycles. The van der Waals surface area contributed by atoms with Gasteiger partial charge >= 0.3 is 0 Å². The molecule has 2 aliphatic rings. The van der Waals surface area contributed by atoms with E-state index in [0.29, 0.717) is 23.7 Å². The number of carbonyl (C=O) groups is 1. The zero-order valence-electron chi connectivity index (χ0n) is 17.7. The van der Waals surface area contributed by atoms with Crippen LogP contribution in [0, 0.1) is 11.3 Å². The number of rotatable bonds is 5. The first-order valence-corrected chi connectivity index (χ1v) is 12.0. The minimum atomic E-state index is -0.316. The van der Waals surface area contributed by atoms with Crippen LogP contribution in [0.5, 0.6) is 0 Å². The van der Waals surface area contributed by atoms with Crippen LogP contribution in [-0.4, -0.2) is 5.78 Å². The van der Waals surface area contributed by atoms with Crippen molar-refractivity contribution in [1.82, 2.24) is 5.32 Å². The number of hydrogen-bond acceptors (Lipinski definition) is 4. The Bertz CT molecular complexity index is 1110. The first-order chi connectivity index (χ1) is 15.0. The Labute approximate surface area is 193 Å². The molecule has 3 nitrogen and oxygen atoms in total. The molecule has 0 aromatic heterocycles. The maximum absolute atomic E-state index is 12.9. The van der Waals surface area contributed by atoms with Gasteiger partial charge in [0.25, 0.3) is 0 Å². The van der Waals surface area contributed by atoms with Gasteiger partial charge in [0.05, 0.1) is 22.6 Å². The molecule has 1 N–H and O–H groups in total. The zero-order chi connectivity index (χ0) is 22.0. The van der Waals surface area contributed by atoms with Crippen molar-refractivity contribution in [3.05, 3.63) is 92.1 Å². The van der Waals surface area contributed by atoms with Crippen LogP contribution in [-0.2, 0) is 10.5 Å². The van der Waals surface area contributed by atoms with Gasteiger partial charge in [0.15, 0.2) is 5.78 Å². The lowest BCUT2D eigenvalue weighted by Crippen LogP contribution is -2.31. The maximum Gasteiger partial charge on any atom is 0.161 e. The number of Topliss-reactive ketones (excluding diaryl/α,β-unsaturated/α-hetero) is 1. The van der Waals surface area contributed by atoms with Crippen LogP contribution in [0.25, 0.3) is 0 Å². The molecule has 0 spiro atoms. The number of ketones is 1. The van der Waals surface area contributed by atoms with Gasteiger partial charge in [-0.15, -0.1) is 11.8 Å². The van der Waals surface area contributed by atoms with Gasteiger partial charge in [-0.3, -0.25) is 4.79 Å². The number of benzene rings is 2. The Morgan fingerprint density at radius 2 is 1.90 bits per heavy atom. The highest BCUT2D eigenvalue weighted by Crippen LogP contribution is 2.44. The van der Waals surface area contributed by atoms with Crippen molar-refractivity contribution in [3.8, 4) is 6.07 Å². The first-order valence-electron chi connectivity index (χ1n) is 10.6. The third-order valence-corrected chi connectivity index (χ3v) is 7.36. The predicted octanol–water partition coefficient (Wildman–Crippen LogP) is 6.83. The molecule has 0 amide bonds. The van der Waals surface area contributed by atoms with Crippen molar-refractivity contribution < 1.29 is 4.79 Å². The van der Waals surface area contributed by atoms with E-state index >= 15 is 0 Å². The van der Waals surface area contributed by atoms with Gasteiger partial charge in [-0.05, 0) is 41.5 Å². The quantitative estimate of drug-likeness (QED) is 0.544. The summed E-state index contributed by atoms with van der Waals surface area (Å²) in [4.78, 5) is 12.9. The fourth-order valence-electron chi connectivity index (χ4n) is 4.21. The summed E-state index contributed by atoms with van der Waals surface area (Å²) in [5, 5.41) is 15.1. The number of allylic oxidation sites excluding steroid dienone is 3. The summed E-state index contributed by atoms with van der Waals surface area (Å²) >= 11 is 7.91. The van der Waals surface area contributed by atoms with Crippen molar-refractivity contribution in [2.75, 3.05) is 0 Å². The van der Waals surface area contributed by atoms with Crippen LogP contribution in [0.2, 0.25) is 5.02 Å². The van der Waals surface area contributed by atoms with Crippen LogP contribution in [0.15, 0.2) is 70.4 Å². The van der Waals surface area contributed by atoms with Gasteiger partial charge in [-0.2, -0.15) is 5.26 Å². The van der Waals surface area contributed by atoms with Crippen molar-refractivity contribution in [1.29, 1.82) is 5.26 Å². The van der Waals surface area contributed by atoms with E-state index in [9.17, 15) is 10.1 Å². The highest BCUT2D eigenvalue weighted by atomic mass is 35.5. The lowest BCUT2D eigenvalue weighted by molar-refractivity contribution is -0.116. The second kappa shape index (κ2) is 9.34. The molecule has 31 heavy (non-hydrogen) atoms. The van der Waals surface area contributed by atoms with Crippen molar-refractivity contribution >= 4 is 29.1 Å². The summed E-state index contributed by atoms with van der Waals surface area (Å²) in [6.45, 7) is 4.32. The van der Waals surface area contributed by atoms with E-state index < -0.39 is 0 Å². The molecular weight excluding hydrogens is 424 g/mol. The smallest absolute Gasteiger partial charge is 0.161 e. The summed E-state index contributed by atoms with van der Waals surface area (Å²) in [5.41, 5.74) is 5.62. The Morgan fingerprint density at radius 3 is 2.58 bits per heavy atom. The van der Waals surface area contributed by atoms with E-state index in [1.54, 1.807) is 11.8 Å². The van der Waals surface area contributed by atoms with Crippen LogP contribution in [0.1, 0.15) is 61.6 Å². The molecule has 0 bridgehead atoms. The second-order valence-corrected chi connectivity index (χ2v) is 9.68. The van der Waals surface area contributed by atoms with Crippen molar-refractivity contribution in [2.45, 2.75) is 50.7 Å². The fourth-order valence-corrected chi connectivity index (χ4v) is 5.56. The van der Waals surface area contributed by atoms with E-state index in [-0.39, 0.29) is 11.7 Å². The van der Waals surface area contributed by atoms with Crippen LogP contribution in [0.4, 0.5) is 0 Å². The van der Waals surface area contributed by atoms with E-state index in [1.165, 1.54) is 5.56 Å². The van der Waals surface area contributed by atoms with Crippen molar-refractivity contribution in [2.24, 2.45) is 0 Å². The highest BCUT2D eigenvalue weighted by Gasteiger charge is 2.37. The van der Waals surface area contributed by atoms with Crippen molar-refractivity contribution in [3.63, 3.8) is 0 Å². The number of thioether (sulfide) groups is 1. The molecule has 0 fully saturated rings. The monoisotopic (exact) mass is 448 g/mol. The van der Waals surface area contributed by atoms with Gasteiger partial charge in [-0.1, -0.05) is 67.9 Å². The highest BCUT2D eigenvalue weighted by molar-refractivity contribution is 8.02. The van der Waals surface area contributed by atoms with E-state index in [1.807, 2.05) is 24.3 Å². The summed E-state index contributed by atoms with van der Waals surface area (Å²) in [5.74, 6) is 0.919. The molecule has 0 radical (unpaired) electrons. The fraction of sp³-hybridized carbons (Fsp3) is 0.308. The van der Waals surface area contributed by atoms with E-state index in [2.05, 4.69) is 49.5 Å². The molecular formula is C26H25ClN2OS. The topological polar surface area (TPSA) is 52.9 Å². The number of hydrogen-bond donors (Lipinski definition) is 1. The Balaban J connectivity index is 1.74. The van der Waals surface area contributed by atoms with Crippen LogP contribution in [0.3, 0.4) is 0 Å².